The van der Waals surface area contributed by atoms with Gasteiger partial charge < -0.3 is 5.32 Å². The number of rotatable bonds is 3. The molecule has 0 spiro atoms. The summed E-state index contributed by atoms with van der Waals surface area (Å²) in [5, 5.41) is 3.47. The number of hydrogen-bond acceptors (Lipinski definition) is 1. The number of hydrogen-bond donors (Lipinski definition) is 1. The Morgan fingerprint density at radius 1 is 1.00 bits per heavy atom. The lowest BCUT2D eigenvalue weighted by Gasteiger charge is -2.28. The molecule has 1 aromatic carbocycles. The summed E-state index contributed by atoms with van der Waals surface area (Å²) in [6.07, 6.45) is 9.78. The maximum absolute atomic E-state index is 3.47. The van der Waals surface area contributed by atoms with Gasteiger partial charge >= 0.3 is 0 Å². The average molecular weight is 243 g/mol. The summed E-state index contributed by atoms with van der Waals surface area (Å²) in [6, 6.07) is 9.14. The second-order valence-corrected chi connectivity index (χ2v) is 6.06. The predicted molar refractivity (Wildman–Crippen MR) is 76.9 cm³/mol. The largest absolute Gasteiger partial charge is 0.317 e. The topological polar surface area (TPSA) is 12.0 Å². The van der Waals surface area contributed by atoms with Crippen LogP contribution in [0.4, 0.5) is 0 Å². The Bertz CT molecular complexity index is 379. The zero-order valence-corrected chi connectivity index (χ0v) is 11.3. The first-order valence-electron chi connectivity index (χ1n) is 7.72. The van der Waals surface area contributed by atoms with Crippen LogP contribution in [0, 0.1) is 5.92 Å². The van der Waals surface area contributed by atoms with E-state index in [0.29, 0.717) is 0 Å². The molecule has 0 bridgehead atoms. The lowest BCUT2D eigenvalue weighted by molar-refractivity contribution is 0.330. The van der Waals surface area contributed by atoms with Gasteiger partial charge in [0.2, 0.25) is 0 Å². The molecular weight excluding hydrogens is 218 g/mol. The smallest absolute Gasteiger partial charge is 0.00463 e. The van der Waals surface area contributed by atoms with Gasteiger partial charge in [-0.2, -0.15) is 0 Å². The van der Waals surface area contributed by atoms with E-state index in [1.54, 1.807) is 11.1 Å². The van der Waals surface area contributed by atoms with E-state index >= 15 is 0 Å². The van der Waals surface area contributed by atoms with Gasteiger partial charge in [0.05, 0.1) is 0 Å². The molecule has 98 valence electrons. The first kappa shape index (κ1) is 12.2. The molecule has 18 heavy (non-hydrogen) atoms. The van der Waals surface area contributed by atoms with E-state index in [4.69, 9.17) is 0 Å². The summed E-state index contributed by atoms with van der Waals surface area (Å²) < 4.78 is 0. The molecule has 3 rings (SSSR count). The van der Waals surface area contributed by atoms with Crippen molar-refractivity contribution in [3.8, 4) is 0 Å². The van der Waals surface area contributed by atoms with E-state index in [2.05, 4.69) is 29.6 Å². The summed E-state index contributed by atoms with van der Waals surface area (Å²) in [5.74, 6) is 1.84. The molecule has 2 aliphatic rings. The minimum absolute atomic E-state index is 0.852. The highest BCUT2D eigenvalue weighted by molar-refractivity contribution is 5.32. The van der Waals surface area contributed by atoms with Crippen molar-refractivity contribution in [3.63, 3.8) is 0 Å². The molecule has 1 saturated heterocycles. The van der Waals surface area contributed by atoms with Crippen molar-refractivity contribution >= 4 is 0 Å². The Kier molecular flexibility index (Phi) is 3.99. The van der Waals surface area contributed by atoms with Crippen LogP contribution in [0.2, 0.25) is 0 Å². The highest BCUT2D eigenvalue weighted by Gasteiger charge is 2.21. The molecule has 1 unspecified atom stereocenters. The third-order valence-electron chi connectivity index (χ3n) is 4.88. The molecule has 1 heterocycles. The van der Waals surface area contributed by atoms with Crippen molar-refractivity contribution in [2.24, 2.45) is 5.92 Å². The summed E-state index contributed by atoms with van der Waals surface area (Å²) >= 11 is 0. The molecule has 1 nitrogen and oxygen atoms in total. The molecular formula is C17H25N. The van der Waals surface area contributed by atoms with Gasteiger partial charge in [-0.3, -0.25) is 0 Å². The highest BCUT2D eigenvalue weighted by Crippen LogP contribution is 2.36. The number of piperidine rings is 1. The Morgan fingerprint density at radius 3 is 2.72 bits per heavy atom. The van der Waals surface area contributed by atoms with Crippen LogP contribution >= 0.6 is 0 Å². The van der Waals surface area contributed by atoms with E-state index in [1.165, 1.54) is 58.0 Å². The summed E-state index contributed by atoms with van der Waals surface area (Å²) in [4.78, 5) is 0. The molecule has 0 saturated carbocycles. The third kappa shape index (κ3) is 2.77. The van der Waals surface area contributed by atoms with E-state index in [1.807, 2.05) is 0 Å². The standard InChI is InChI=1S/C17H25N/c1-2-7-17-15(4-1)5-3-6-16(17)9-8-14-10-12-18-13-11-14/h1-2,4,7,14,16,18H,3,5-6,8-13H2. The normalized spacial score (nSPS) is 24.8. The molecule has 1 aromatic rings. The minimum atomic E-state index is 0.852. The molecule has 0 aromatic heterocycles. The van der Waals surface area contributed by atoms with Gasteiger partial charge in [0, 0.05) is 0 Å². The van der Waals surface area contributed by atoms with Crippen LogP contribution in [0.15, 0.2) is 24.3 Å². The van der Waals surface area contributed by atoms with Crippen LogP contribution in [0.3, 0.4) is 0 Å². The molecule has 0 amide bonds. The minimum Gasteiger partial charge on any atom is -0.317 e. The molecule has 0 radical (unpaired) electrons. The van der Waals surface area contributed by atoms with Crippen LogP contribution in [-0.4, -0.2) is 13.1 Å². The lowest BCUT2D eigenvalue weighted by Crippen LogP contribution is -2.28. The van der Waals surface area contributed by atoms with Crippen LogP contribution in [0.25, 0.3) is 0 Å². The van der Waals surface area contributed by atoms with Crippen LogP contribution in [-0.2, 0) is 6.42 Å². The number of nitrogens with one attached hydrogen (secondary N) is 1. The second kappa shape index (κ2) is 5.88. The molecule has 1 aliphatic heterocycles. The van der Waals surface area contributed by atoms with Crippen molar-refractivity contribution < 1.29 is 0 Å². The first-order valence-corrected chi connectivity index (χ1v) is 7.72. The van der Waals surface area contributed by atoms with E-state index < -0.39 is 0 Å². The Balaban J connectivity index is 1.60. The van der Waals surface area contributed by atoms with Crippen LogP contribution in [0.1, 0.15) is 55.6 Å². The van der Waals surface area contributed by atoms with Crippen molar-refractivity contribution in [3.05, 3.63) is 35.4 Å². The second-order valence-electron chi connectivity index (χ2n) is 6.06. The quantitative estimate of drug-likeness (QED) is 0.849. The van der Waals surface area contributed by atoms with Crippen molar-refractivity contribution in [1.29, 1.82) is 0 Å². The van der Waals surface area contributed by atoms with Gasteiger partial charge in [-0.15, -0.1) is 0 Å². The zero-order chi connectivity index (χ0) is 12.2. The Labute approximate surface area is 111 Å². The number of fused-ring (bicyclic) bond motifs is 1. The number of aryl methyl sites for hydroxylation is 1. The van der Waals surface area contributed by atoms with Crippen LogP contribution < -0.4 is 5.32 Å². The fourth-order valence-corrected chi connectivity index (χ4v) is 3.76. The van der Waals surface area contributed by atoms with Crippen molar-refractivity contribution in [1.82, 2.24) is 5.32 Å². The van der Waals surface area contributed by atoms with Gasteiger partial charge in [-0.05, 0) is 81.0 Å². The van der Waals surface area contributed by atoms with E-state index in [0.717, 1.165) is 11.8 Å². The lowest BCUT2D eigenvalue weighted by atomic mass is 9.78. The summed E-state index contributed by atoms with van der Waals surface area (Å²) in [7, 11) is 0. The highest BCUT2D eigenvalue weighted by atomic mass is 14.9. The van der Waals surface area contributed by atoms with Gasteiger partial charge in [-0.25, -0.2) is 0 Å². The maximum atomic E-state index is 3.47. The SMILES string of the molecule is c1ccc2c(c1)CCCC2CCC1CCNCC1. The summed E-state index contributed by atoms with van der Waals surface area (Å²) in [5.41, 5.74) is 3.29. The maximum Gasteiger partial charge on any atom is -0.00463 e. The molecule has 1 N–H and O–H groups in total. The first-order chi connectivity index (χ1) is 8.93. The number of benzene rings is 1. The monoisotopic (exact) mass is 243 g/mol. The fourth-order valence-electron chi connectivity index (χ4n) is 3.76. The van der Waals surface area contributed by atoms with Crippen molar-refractivity contribution in [2.45, 2.75) is 50.9 Å². The molecule has 1 heteroatoms. The van der Waals surface area contributed by atoms with E-state index in [-0.39, 0.29) is 0 Å². The van der Waals surface area contributed by atoms with Gasteiger partial charge in [-0.1, -0.05) is 24.3 Å². The van der Waals surface area contributed by atoms with E-state index in [9.17, 15) is 0 Å². The fraction of sp³-hybridized carbons (Fsp3) is 0.647. The van der Waals surface area contributed by atoms with Gasteiger partial charge in [0.25, 0.3) is 0 Å². The van der Waals surface area contributed by atoms with Gasteiger partial charge in [0.1, 0.15) is 0 Å². The summed E-state index contributed by atoms with van der Waals surface area (Å²) in [6.45, 7) is 2.48. The Morgan fingerprint density at radius 2 is 1.83 bits per heavy atom. The molecule has 1 atom stereocenters. The third-order valence-corrected chi connectivity index (χ3v) is 4.88. The molecule has 1 aliphatic carbocycles. The van der Waals surface area contributed by atoms with Crippen LogP contribution in [0.5, 0.6) is 0 Å². The Hall–Kier alpha value is -0.820. The van der Waals surface area contributed by atoms with Crippen molar-refractivity contribution in [2.75, 3.05) is 13.1 Å². The average Bonchev–Trinajstić information content (AvgIpc) is 2.46. The zero-order valence-electron chi connectivity index (χ0n) is 11.3. The van der Waals surface area contributed by atoms with Gasteiger partial charge in [0.15, 0.2) is 0 Å². The molecule has 1 fully saturated rings. The predicted octanol–water partition coefficient (Wildman–Crippen LogP) is 3.89.